The molecule has 1 aliphatic rings. The molecular weight excluding hydrogens is 231 g/mol. The zero-order valence-electron chi connectivity index (χ0n) is 11.1. The van der Waals surface area contributed by atoms with E-state index in [2.05, 4.69) is 17.1 Å². The molecule has 0 radical (unpaired) electrons. The maximum Gasteiger partial charge on any atom is 0.127 e. The van der Waals surface area contributed by atoms with Crippen LogP contribution in [0.4, 0.5) is 4.39 Å². The van der Waals surface area contributed by atoms with Crippen LogP contribution in [-0.2, 0) is 11.3 Å². The van der Waals surface area contributed by atoms with Gasteiger partial charge in [-0.15, -0.1) is 0 Å². The molecule has 0 amide bonds. The second kappa shape index (κ2) is 5.78. The van der Waals surface area contributed by atoms with E-state index in [1.165, 1.54) is 6.07 Å². The summed E-state index contributed by atoms with van der Waals surface area (Å²) < 4.78 is 19.3. The fraction of sp³-hybridized carbons (Fsp3) is 0.571. The van der Waals surface area contributed by atoms with Crippen LogP contribution in [0.25, 0.3) is 0 Å². The molecule has 18 heavy (non-hydrogen) atoms. The highest BCUT2D eigenvalue weighted by Gasteiger charge is 2.32. The second-order valence-electron chi connectivity index (χ2n) is 5.23. The van der Waals surface area contributed by atoms with Crippen LogP contribution < -0.4 is 5.32 Å². The quantitative estimate of drug-likeness (QED) is 0.833. The van der Waals surface area contributed by atoms with Gasteiger partial charge in [0.15, 0.2) is 0 Å². The van der Waals surface area contributed by atoms with E-state index in [4.69, 9.17) is 4.74 Å². The third kappa shape index (κ3) is 3.51. The minimum Gasteiger partial charge on any atom is -0.371 e. The van der Waals surface area contributed by atoms with E-state index >= 15 is 0 Å². The molecule has 0 atom stereocenters. The Kier molecular flexibility index (Phi) is 4.32. The van der Waals surface area contributed by atoms with Crippen molar-refractivity contribution in [1.82, 2.24) is 10.2 Å². The maximum absolute atomic E-state index is 13.5. The van der Waals surface area contributed by atoms with E-state index in [9.17, 15) is 4.39 Å². The minimum absolute atomic E-state index is 0.00115. The van der Waals surface area contributed by atoms with Gasteiger partial charge in [0.25, 0.3) is 0 Å². The van der Waals surface area contributed by atoms with Crippen LogP contribution in [0.5, 0.6) is 0 Å². The van der Waals surface area contributed by atoms with E-state index < -0.39 is 0 Å². The van der Waals surface area contributed by atoms with Crippen LogP contribution in [0.2, 0.25) is 0 Å². The second-order valence-corrected chi connectivity index (χ2v) is 5.23. The van der Waals surface area contributed by atoms with E-state index in [0.29, 0.717) is 13.2 Å². The first-order valence-electron chi connectivity index (χ1n) is 6.36. The first kappa shape index (κ1) is 13.5. The number of hydrogen-bond donors (Lipinski definition) is 1. The Balaban J connectivity index is 1.72. The molecule has 0 aliphatic carbocycles. The Hall–Kier alpha value is -0.970. The van der Waals surface area contributed by atoms with Crippen molar-refractivity contribution >= 4 is 0 Å². The summed E-state index contributed by atoms with van der Waals surface area (Å²) in [6, 6.07) is 6.90. The zero-order chi connectivity index (χ0) is 13.0. The van der Waals surface area contributed by atoms with E-state index in [1.807, 2.05) is 19.2 Å². The van der Waals surface area contributed by atoms with Crippen LogP contribution in [-0.4, -0.2) is 43.8 Å². The van der Waals surface area contributed by atoms with Crippen LogP contribution in [0.15, 0.2) is 24.3 Å². The smallest absolute Gasteiger partial charge is 0.127 e. The number of hydrogen-bond acceptors (Lipinski definition) is 3. The highest BCUT2D eigenvalue weighted by Crippen LogP contribution is 2.15. The van der Waals surface area contributed by atoms with Gasteiger partial charge in [-0.25, -0.2) is 4.39 Å². The van der Waals surface area contributed by atoms with Crippen LogP contribution in [0.3, 0.4) is 0 Å². The summed E-state index contributed by atoms with van der Waals surface area (Å²) in [4.78, 5) is 2.08. The Morgan fingerprint density at radius 3 is 2.72 bits per heavy atom. The summed E-state index contributed by atoms with van der Waals surface area (Å²) in [5, 5.41) is 3.20. The van der Waals surface area contributed by atoms with Gasteiger partial charge in [0, 0.05) is 31.7 Å². The van der Waals surface area contributed by atoms with Gasteiger partial charge < -0.3 is 10.1 Å². The SMILES string of the molecule is CN(CCOC1(C)CNC1)Cc1ccccc1F. The monoisotopic (exact) mass is 252 g/mol. The third-order valence-electron chi connectivity index (χ3n) is 3.32. The van der Waals surface area contributed by atoms with Crippen LogP contribution in [0.1, 0.15) is 12.5 Å². The molecule has 1 saturated heterocycles. The van der Waals surface area contributed by atoms with Gasteiger partial charge in [-0.2, -0.15) is 0 Å². The van der Waals surface area contributed by atoms with Gasteiger partial charge >= 0.3 is 0 Å². The largest absolute Gasteiger partial charge is 0.371 e. The number of ether oxygens (including phenoxy) is 1. The summed E-state index contributed by atoms with van der Waals surface area (Å²) in [6.45, 7) is 6.06. The molecule has 0 unspecified atom stereocenters. The molecule has 100 valence electrons. The molecular formula is C14H21FN2O. The van der Waals surface area contributed by atoms with Gasteiger partial charge in [0.1, 0.15) is 5.82 Å². The summed E-state index contributed by atoms with van der Waals surface area (Å²) in [5.41, 5.74) is 0.732. The van der Waals surface area contributed by atoms with Crippen molar-refractivity contribution in [3.05, 3.63) is 35.6 Å². The normalized spacial score (nSPS) is 17.8. The molecule has 0 saturated carbocycles. The lowest BCUT2D eigenvalue weighted by Gasteiger charge is -2.39. The Labute approximate surface area is 108 Å². The Bertz CT molecular complexity index is 393. The number of nitrogens with zero attached hydrogens (tertiary/aromatic N) is 1. The fourth-order valence-electron chi connectivity index (χ4n) is 2.02. The molecule has 0 spiro atoms. The lowest BCUT2D eigenvalue weighted by atomic mass is 10.0. The van der Waals surface area contributed by atoms with E-state index in [0.717, 1.165) is 25.2 Å². The molecule has 1 aromatic rings. The van der Waals surface area contributed by atoms with Gasteiger partial charge in [-0.05, 0) is 20.0 Å². The molecule has 1 aromatic carbocycles. The molecule has 3 nitrogen and oxygen atoms in total. The topological polar surface area (TPSA) is 24.5 Å². The molecule has 0 bridgehead atoms. The summed E-state index contributed by atoms with van der Waals surface area (Å²) in [7, 11) is 1.98. The average molecular weight is 252 g/mol. The third-order valence-corrected chi connectivity index (χ3v) is 3.32. The van der Waals surface area contributed by atoms with Gasteiger partial charge in [0.2, 0.25) is 0 Å². The van der Waals surface area contributed by atoms with Crippen molar-refractivity contribution in [3.8, 4) is 0 Å². The predicted molar refractivity (Wildman–Crippen MR) is 70.0 cm³/mol. The summed E-state index contributed by atoms with van der Waals surface area (Å²) in [5.74, 6) is -0.138. The molecule has 1 aliphatic heterocycles. The Morgan fingerprint density at radius 2 is 2.11 bits per heavy atom. The fourth-order valence-corrected chi connectivity index (χ4v) is 2.02. The van der Waals surface area contributed by atoms with Gasteiger partial charge in [-0.1, -0.05) is 18.2 Å². The number of benzene rings is 1. The van der Waals surface area contributed by atoms with Crippen molar-refractivity contribution in [3.63, 3.8) is 0 Å². The van der Waals surface area contributed by atoms with E-state index in [1.54, 1.807) is 6.07 Å². The number of halogens is 1. The molecule has 1 heterocycles. The average Bonchev–Trinajstić information content (AvgIpc) is 2.30. The van der Waals surface area contributed by atoms with E-state index in [-0.39, 0.29) is 11.4 Å². The predicted octanol–water partition coefficient (Wildman–Crippen LogP) is 1.64. The van der Waals surface area contributed by atoms with Crippen LogP contribution in [0, 0.1) is 5.82 Å². The first-order valence-corrected chi connectivity index (χ1v) is 6.36. The van der Waals surface area contributed by atoms with Crippen LogP contribution >= 0.6 is 0 Å². The summed E-state index contributed by atoms with van der Waals surface area (Å²) in [6.07, 6.45) is 0. The zero-order valence-corrected chi connectivity index (χ0v) is 11.1. The lowest BCUT2D eigenvalue weighted by molar-refractivity contribution is -0.0712. The molecule has 1 N–H and O–H groups in total. The van der Waals surface area contributed by atoms with Crippen molar-refractivity contribution in [1.29, 1.82) is 0 Å². The number of rotatable bonds is 6. The molecule has 2 rings (SSSR count). The first-order chi connectivity index (χ1) is 8.59. The lowest BCUT2D eigenvalue weighted by Crippen LogP contribution is -2.59. The van der Waals surface area contributed by atoms with Crippen molar-refractivity contribution in [2.45, 2.75) is 19.1 Å². The van der Waals surface area contributed by atoms with Gasteiger partial charge in [-0.3, -0.25) is 4.90 Å². The highest BCUT2D eigenvalue weighted by molar-refractivity contribution is 5.16. The number of likely N-dealkylation sites (N-methyl/N-ethyl adjacent to an activating group) is 1. The standard InChI is InChI=1S/C14H21FN2O/c1-14(10-16-11-14)18-8-7-17(2)9-12-5-3-4-6-13(12)15/h3-6,16H,7-11H2,1-2H3. The molecule has 0 aromatic heterocycles. The van der Waals surface area contributed by atoms with Crippen molar-refractivity contribution < 1.29 is 9.13 Å². The van der Waals surface area contributed by atoms with Crippen molar-refractivity contribution in [2.75, 3.05) is 33.3 Å². The number of nitrogens with one attached hydrogen (secondary N) is 1. The Morgan fingerprint density at radius 1 is 1.39 bits per heavy atom. The minimum atomic E-state index is -0.138. The molecule has 4 heteroatoms. The highest BCUT2D eigenvalue weighted by atomic mass is 19.1. The van der Waals surface area contributed by atoms with Gasteiger partial charge in [0.05, 0.1) is 12.2 Å². The molecule has 1 fully saturated rings. The van der Waals surface area contributed by atoms with Crippen molar-refractivity contribution in [2.24, 2.45) is 0 Å². The maximum atomic E-state index is 13.5. The summed E-state index contributed by atoms with van der Waals surface area (Å²) >= 11 is 0.